The third-order valence-electron chi connectivity index (χ3n) is 2.87. The van der Waals surface area contributed by atoms with Crippen molar-refractivity contribution >= 4 is 5.69 Å². The van der Waals surface area contributed by atoms with Gasteiger partial charge in [-0.25, -0.2) is 4.98 Å². The molecule has 0 bridgehead atoms. The molecule has 0 aliphatic heterocycles. The molecule has 0 aliphatic carbocycles. The minimum atomic E-state index is 0.592. The Bertz CT molecular complexity index is 556. The fourth-order valence-electron chi connectivity index (χ4n) is 1.92. The first kappa shape index (κ1) is 13.2. The Kier molecular flexibility index (Phi) is 4.23. The number of hydrogen-bond acceptors (Lipinski definition) is 4. The van der Waals surface area contributed by atoms with Crippen LogP contribution in [-0.2, 0) is 6.54 Å². The molecule has 0 aliphatic rings. The zero-order chi connectivity index (χ0) is 13.7. The van der Waals surface area contributed by atoms with E-state index in [-0.39, 0.29) is 0 Å². The van der Waals surface area contributed by atoms with Crippen molar-refractivity contribution in [2.24, 2.45) is 0 Å². The highest BCUT2D eigenvalue weighted by Gasteiger charge is 2.06. The van der Waals surface area contributed by atoms with Gasteiger partial charge in [-0.1, -0.05) is 17.7 Å². The first-order valence-corrected chi connectivity index (χ1v) is 6.11. The van der Waals surface area contributed by atoms with Gasteiger partial charge in [0.1, 0.15) is 5.75 Å². The van der Waals surface area contributed by atoms with Crippen LogP contribution in [0.25, 0.3) is 0 Å². The molecule has 0 saturated carbocycles. The molecule has 0 radical (unpaired) electrons. The summed E-state index contributed by atoms with van der Waals surface area (Å²) < 4.78 is 10.6. The third kappa shape index (κ3) is 3.16. The summed E-state index contributed by atoms with van der Waals surface area (Å²) in [5.41, 5.74) is 3.18. The third-order valence-corrected chi connectivity index (χ3v) is 2.87. The molecule has 0 fully saturated rings. The smallest absolute Gasteiger partial charge is 0.237 e. The van der Waals surface area contributed by atoms with Crippen molar-refractivity contribution in [2.75, 3.05) is 19.5 Å². The summed E-state index contributed by atoms with van der Waals surface area (Å²) in [7, 11) is 3.29. The summed E-state index contributed by atoms with van der Waals surface area (Å²) >= 11 is 0. The van der Waals surface area contributed by atoms with Crippen molar-refractivity contribution in [1.82, 2.24) is 4.98 Å². The zero-order valence-corrected chi connectivity index (χ0v) is 11.4. The van der Waals surface area contributed by atoms with E-state index in [0.29, 0.717) is 12.4 Å². The van der Waals surface area contributed by atoms with Crippen molar-refractivity contribution in [3.05, 3.63) is 47.7 Å². The Morgan fingerprint density at radius 2 is 2.00 bits per heavy atom. The number of ether oxygens (including phenoxy) is 2. The van der Waals surface area contributed by atoms with Crippen molar-refractivity contribution in [2.45, 2.75) is 13.5 Å². The number of rotatable bonds is 5. The molecule has 19 heavy (non-hydrogen) atoms. The number of pyridine rings is 1. The molecule has 0 spiro atoms. The van der Waals surface area contributed by atoms with Gasteiger partial charge >= 0.3 is 0 Å². The predicted molar refractivity (Wildman–Crippen MR) is 75.8 cm³/mol. The van der Waals surface area contributed by atoms with E-state index in [0.717, 1.165) is 17.0 Å². The maximum Gasteiger partial charge on any atom is 0.237 e. The van der Waals surface area contributed by atoms with E-state index in [1.807, 2.05) is 24.3 Å². The molecule has 0 atom stereocenters. The van der Waals surface area contributed by atoms with Crippen molar-refractivity contribution < 1.29 is 9.47 Å². The number of nitrogens with one attached hydrogen (secondary N) is 1. The predicted octanol–water partition coefficient (Wildman–Crippen LogP) is 3.02. The second-order valence-electron chi connectivity index (χ2n) is 4.23. The monoisotopic (exact) mass is 258 g/mol. The van der Waals surface area contributed by atoms with Crippen LogP contribution in [0.2, 0.25) is 0 Å². The lowest BCUT2D eigenvalue weighted by Gasteiger charge is -2.13. The molecule has 0 saturated heterocycles. The fraction of sp³-hybridized carbons (Fsp3) is 0.267. The first-order valence-electron chi connectivity index (χ1n) is 6.11. The standard InChI is InChI=1S/C15H18N2O2/c1-11-6-7-14(18-2)12(9-11)10-17-13-5-4-8-16-15(13)19-3/h4-9,17H,10H2,1-3H3. The number of methoxy groups -OCH3 is 2. The van der Waals surface area contributed by atoms with Crippen LogP contribution < -0.4 is 14.8 Å². The topological polar surface area (TPSA) is 43.4 Å². The molecule has 1 aromatic carbocycles. The maximum absolute atomic E-state index is 5.36. The van der Waals surface area contributed by atoms with Gasteiger partial charge in [0.15, 0.2) is 0 Å². The van der Waals surface area contributed by atoms with E-state index in [1.165, 1.54) is 5.56 Å². The molecular formula is C15H18N2O2. The largest absolute Gasteiger partial charge is 0.496 e. The minimum Gasteiger partial charge on any atom is -0.496 e. The van der Waals surface area contributed by atoms with Gasteiger partial charge in [-0.3, -0.25) is 0 Å². The lowest BCUT2D eigenvalue weighted by atomic mass is 10.1. The molecule has 4 nitrogen and oxygen atoms in total. The van der Waals surface area contributed by atoms with E-state index in [9.17, 15) is 0 Å². The Morgan fingerprint density at radius 3 is 2.74 bits per heavy atom. The van der Waals surface area contributed by atoms with Crippen LogP contribution in [0, 0.1) is 6.92 Å². The van der Waals surface area contributed by atoms with Crippen molar-refractivity contribution in [3.63, 3.8) is 0 Å². The van der Waals surface area contributed by atoms with Gasteiger partial charge in [-0.2, -0.15) is 0 Å². The lowest BCUT2D eigenvalue weighted by Crippen LogP contribution is -2.04. The van der Waals surface area contributed by atoms with Crippen LogP contribution in [-0.4, -0.2) is 19.2 Å². The van der Waals surface area contributed by atoms with E-state index < -0.39 is 0 Å². The second-order valence-corrected chi connectivity index (χ2v) is 4.23. The highest BCUT2D eigenvalue weighted by Crippen LogP contribution is 2.24. The normalized spacial score (nSPS) is 10.1. The van der Waals surface area contributed by atoms with Crippen LogP contribution in [0.5, 0.6) is 11.6 Å². The molecule has 1 N–H and O–H groups in total. The molecule has 4 heteroatoms. The summed E-state index contributed by atoms with van der Waals surface area (Å²) in [6.07, 6.45) is 1.71. The van der Waals surface area contributed by atoms with E-state index in [4.69, 9.17) is 9.47 Å². The van der Waals surface area contributed by atoms with Crippen LogP contribution in [0.1, 0.15) is 11.1 Å². The summed E-state index contributed by atoms with van der Waals surface area (Å²) in [6.45, 7) is 2.72. The first-order chi connectivity index (χ1) is 9.24. The van der Waals surface area contributed by atoms with Crippen LogP contribution in [0.4, 0.5) is 5.69 Å². The number of aromatic nitrogens is 1. The van der Waals surface area contributed by atoms with Crippen LogP contribution in [0.15, 0.2) is 36.5 Å². The van der Waals surface area contributed by atoms with Gasteiger partial charge in [0.25, 0.3) is 0 Å². The minimum absolute atomic E-state index is 0.592. The van der Waals surface area contributed by atoms with E-state index >= 15 is 0 Å². The number of aryl methyl sites for hydroxylation is 1. The van der Waals surface area contributed by atoms with Crippen molar-refractivity contribution in [1.29, 1.82) is 0 Å². The Balaban J connectivity index is 2.16. The fourth-order valence-corrected chi connectivity index (χ4v) is 1.92. The molecule has 0 amide bonds. The van der Waals surface area contributed by atoms with Gasteiger partial charge in [0, 0.05) is 18.3 Å². The average Bonchev–Trinajstić information content (AvgIpc) is 2.45. The van der Waals surface area contributed by atoms with Crippen LogP contribution >= 0.6 is 0 Å². The molecule has 2 rings (SSSR count). The Morgan fingerprint density at radius 1 is 1.16 bits per heavy atom. The highest BCUT2D eigenvalue weighted by molar-refractivity contribution is 5.53. The van der Waals surface area contributed by atoms with Gasteiger partial charge in [-0.15, -0.1) is 0 Å². The summed E-state index contributed by atoms with van der Waals surface area (Å²) in [5.74, 6) is 1.47. The molecule has 1 aromatic heterocycles. The number of benzene rings is 1. The molecule has 100 valence electrons. The quantitative estimate of drug-likeness (QED) is 0.895. The zero-order valence-electron chi connectivity index (χ0n) is 11.4. The lowest BCUT2D eigenvalue weighted by molar-refractivity contribution is 0.399. The Hall–Kier alpha value is -2.23. The maximum atomic E-state index is 5.36. The van der Waals surface area contributed by atoms with Gasteiger partial charge < -0.3 is 14.8 Å². The van der Waals surface area contributed by atoms with Crippen molar-refractivity contribution in [3.8, 4) is 11.6 Å². The number of nitrogens with zero attached hydrogens (tertiary/aromatic N) is 1. The van der Waals surface area contributed by atoms with E-state index in [2.05, 4.69) is 23.3 Å². The van der Waals surface area contributed by atoms with Crippen LogP contribution in [0.3, 0.4) is 0 Å². The van der Waals surface area contributed by atoms with Gasteiger partial charge in [0.05, 0.1) is 19.9 Å². The number of hydrogen-bond donors (Lipinski definition) is 1. The molecular weight excluding hydrogens is 240 g/mol. The SMILES string of the molecule is COc1ccc(C)cc1CNc1cccnc1OC. The summed E-state index contributed by atoms with van der Waals surface area (Å²) in [4.78, 5) is 4.15. The molecule has 2 aromatic rings. The molecule has 0 unspecified atom stereocenters. The average molecular weight is 258 g/mol. The second kappa shape index (κ2) is 6.09. The Labute approximate surface area is 113 Å². The van der Waals surface area contributed by atoms with Gasteiger partial charge in [-0.05, 0) is 25.1 Å². The highest BCUT2D eigenvalue weighted by atomic mass is 16.5. The number of anilines is 1. The van der Waals surface area contributed by atoms with Gasteiger partial charge in [0.2, 0.25) is 5.88 Å². The summed E-state index contributed by atoms with van der Waals surface area (Å²) in [5, 5.41) is 3.31. The molecule has 1 heterocycles. The van der Waals surface area contributed by atoms with E-state index in [1.54, 1.807) is 20.4 Å². The summed E-state index contributed by atoms with van der Waals surface area (Å²) in [6, 6.07) is 9.93.